The number of carbonyl (C=O) groups excluding carboxylic acids is 2. The molecular formula is C17H16N2O6. The van der Waals surface area contributed by atoms with E-state index in [4.69, 9.17) is 0 Å². The molecule has 2 rings (SSSR count). The number of methoxy groups -OCH3 is 1. The molecule has 2 aromatic carbocycles. The molecule has 0 saturated heterocycles. The molecule has 1 amide bonds. The molecular weight excluding hydrogens is 328 g/mol. The predicted octanol–water partition coefficient (Wildman–Crippen LogP) is 1.60. The summed E-state index contributed by atoms with van der Waals surface area (Å²) in [5.41, 5.74) is 0.389. The predicted molar refractivity (Wildman–Crippen MR) is 87.8 cm³/mol. The van der Waals surface area contributed by atoms with Crippen LogP contribution in [0, 0.1) is 10.1 Å². The SMILES string of the molecule is COC(=O)[C@H](NC(=O)c1ccccc1)[C@H](O)c1ccc([N+](=O)[O-])cc1. The molecule has 0 spiro atoms. The van der Waals surface area contributed by atoms with Gasteiger partial charge in [-0.1, -0.05) is 18.2 Å². The van der Waals surface area contributed by atoms with Crippen LogP contribution in [0.5, 0.6) is 0 Å². The van der Waals surface area contributed by atoms with Crippen LogP contribution in [0.25, 0.3) is 0 Å². The molecule has 2 N–H and O–H groups in total. The fourth-order valence-corrected chi connectivity index (χ4v) is 2.19. The van der Waals surface area contributed by atoms with Gasteiger partial charge in [0.05, 0.1) is 12.0 Å². The van der Waals surface area contributed by atoms with Crippen molar-refractivity contribution in [3.63, 3.8) is 0 Å². The second-order valence-electron chi connectivity index (χ2n) is 5.13. The first-order chi connectivity index (χ1) is 11.9. The number of nitro groups is 1. The maximum atomic E-state index is 12.2. The minimum atomic E-state index is -1.43. The Labute approximate surface area is 143 Å². The van der Waals surface area contributed by atoms with Gasteiger partial charge in [-0.05, 0) is 29.8 Å². The molecule has 0 aliphatic rings. The lowest BCUT2D eigenvalue weighted by Crippen LogP contribution is -2.45. The molecule has 0 heterocycles. The molecule has 0 saturated carbocycles. The third-order valence-corrected chi connectivity index (χ3v) is 3.54. The average Bonchev–Trinajstić information content (AvgIpc) is 2.65. The Balaban J connectivity index is 2.22. The van der Waals surface area contributed by atoms with E-state index in [0.29, 0.717) is 5.56 Å². The summed E-state index contributed by atoms with van der Waals surface area (Å²) in [6.07, 6.45) is -1.43. The molecule has 0 aliphatic heterocycles. The summed E-state index contributed by atoms with van der Waals surface area (Å²) < 4.78 is 4.63. The number of nitro benzene ring substituents is 1. The quantitative estimate of drug-likeness (QED) is 0.467. The number of benzene rings is 2. The highest BCUT2D eigenvalue weighted by molar-refractivity contribution is 5.96. The molecule has 0 aromatic heterocycles. The number of nitrogens with zero attached hydrogens (tertiary/aromatic N) is 1. The summed E-state index contributed by atoms with van der Waals surface area (Å²) in [4.78, 5) is 34.3. The Morgan fingerprint density at radius 2 is 1.72 bits per heavy atom. The number of hydrogen-bond donors (Lipinski definition) is 2. The van der Waals surface area contributed by atoms with Crippen molar-refractivity contribution in [3.8, 4) is 0 Å². The Kier molecular flexibility index (Phi) is 5.80. The zero-order chi connectivity index (χ0) is 18.4. The van der Waals surface area contributed by atoms with E-state index in [-0.39, 0.29) is 11.3 Å². The number of carbonyl (C=O) groups is 2. The van der Waals surface area contributed by atoms with Gasteiger partial charge in [-0.3, -0.25) is 14.9 Å². The van der Waals surface area contributed by atoms with Crippen molar-refractivity contribution in [1.82, 2.24) is 5.32 Å². The molecule has 0 bridgehead atoms. The lowest BCUT2D eigenvalue weighted by Gasteiger charge is -2.22. The number of rotatable bonds is 6. The summed E-state index contributed by atoms with van der Waals surface area (Å²) in [5, 5.41) is 23.5. The third-order valence-electron chi connectivity index (χ3n) is 3.54. The molecule has 2 aromatic rings. The minimum Gasteiger partial charge on any atom is -0.467 e. The molecule has 130 valence electrons. The number of amides is 1. The lowest BCUT2D eigenvalue weighted by molar-refractivity contribution is -0.384. The molecule has 25 heavy (non-hydrogen) atoms. The number of non-ortho nitro benzene ring substituents is 1. The largest absolute Gasteiger partial charge is 0.467 e. The second-order valence-corrected chi connectivity index (χ2v) is 5.13. The summed E-state index contributed by atoms with van der Waals surface area (Å²) >= 11 is 0. The molecule has 0 unspecified atom stereocenters. The number of esters is 1. The Hall–Kier alpha value is -3.26. The van der Waals surface area contributed by atoms with Crippen molar-refractivity contribution in [1.29, 1.82) is 0 Å². The van der Waals surface area contributed by atoms with Crippen LogP contribution in [0.1, 0.15) is 22.0 Å². The molecule has 0 radical (unpaired) electrons. The Morgan fingerprint density at radius 1 is 1.12 bits per heavy atom. The summed E-state index contributed by atoms with van der Waals surface area (Å²) in [6.45, 7) is 0. The first-order valence-electron chi connectivity index (χ1n) is 7.30. The number of ether oxygens (including phenoxy) is 1. The maximum absolute atomic E-state index is 12.2. The second kappa shape index (κ2) is 8.02. The molecule has 0 aliphatic carbocycles. The summed E-state index contributed by atoms with van der Waals surface area (Å²) in [7, 11) is 1.13. The van der Waals surface area contributed by atoms with E-state index in [1.54, 1.807) is 30.3 Å². The lowest BCUT2D eigenvalue weighted by atomic mass is 10.0. The first-order valence-corrected chi connectivity index (χ1v) is 7.30. The van der Waals surface area contributed by atoms with Gasteiger partial charge in [-0.25, -0.2) is 4.79 Å². The Bertz CT molecular complexity index is 760. The Morgan fingerprint density at radius 3 is 2.24 bits per heavy atom. The molecule has 2 atom stereocenters. The van der Waals surface area contributed by atoms with E-state index in [9.17, 15) is 24.8 Å². The first kappa shape index (κ1) is 18.1. The number of nitrogens with one attached hydrogen (secondary N) is 1. The van der Waals surface area contributed by atoms with Crippen LogP contribution < -0.4 is 5.32 Å². The van der Waals surface area contributed by atoms with Crippen LogP contribution >= 0.6 is 0 Å². The van der Waals surface area contributed by atoms with E-state index in [1.807, 2.05) is 0 Å². The number of aliphatic hydroxyl groups is 1. The van der Waals surface area contributed by atoms with E-state index >= 15 is 0 Å². The van der Waals surface area contributed by atoms with Crippen LogP contribution in [0.3, 0.4) is 0 Å². The smallest absolute Gasteiger partial charge is 0.331 e. The van der Waals surface area contributed by atoms with Gasteiger partial charge in [0.2, 0.25) is 0 Å². The zero-order valence-electron chi connectivity index (χ0n) is 13.3. The van der Waals surface area contributed by atoms with Gasteiger partial charge in [0.15, 0.2) is 6.04 Å². The highest BCUT2D eigenvalue weighted by Crippen LogP contribution is 2.21. The van der Waals surface area contributed by atoms with Crippen LogP contribution in [0.15, 0.2) is 54.6 Å². The molecule has 8 nitrogen and oxygen atoms in total. The monoisotopic (exact) mass is 344 g/mol. The van der Waals surface area contributed by atoms with Gasteiger partial charge < -0.3 is 15.2 Å². The van der Waals surface area contributed by atoms with E-state index < -0.39 is 28.9 Å². The third kappa shape index (κ3) is 4.39. The van der Waals surface area contributed by atoms with E-state index in [0.717, 1.165) is 7.11 Å². The standard InChI is InChI=1S/C17H16N2O6/c1-25-17(22)14(18-16(21)12-5-3-2-4-6-12)15(20)11-7-9-13(10-8-11)19(23)24/h2-10,14-15,20H,1H3,(H,18,21)/t14-,15-/m1/s1. The maximum Gasteiger partial charge on any atom is 0.331 e. The van der Waals surface area contributed by atoms with Crippen LogP contribution in [0.2, 0.25) is 0 Å². The summed E-state index contributed by atoms with van der Waals surface area (Å²) in [5.74, 6) is -1.40. The van der Waals surface area contributed by atoms with Gasteiger partial charge in [-0.15, -0.1) is 0 Å². The van der Waals surface area contributed by atoms with Gasteiger partial charge in [-0.2, -0.15) is 0 Å². The van der Waals surface area contributed by atoms with E-state index in [2.05, 4.69) is 10.1 Å². The van der Waals surface area contributed by atoms with E-state index in [1.165, 1.54) is 24.3 Å². The van der Waals surface area contributed by atoms with Crippen molar-refractivity contribution in [2.45, 2.75) is 12.1 Å². The minimum absolute atomic E-state index is 0.154. The van der Waals surface area contributed by atoms with Crippen molar-refractivity contribution < 1.29 is 24.4 Å². The zero-order valence-corrected chi connectivity index (χ0v) is 13.3. The average molecular weight is 344 g/mol. The topological polar surface area (TPSA) is 119 Å². The fraction of sp³-hybridized carbons (Fsp3) is 0.176. The van der Waals surface area contributed by atoms with Crippen LogP contribution in [0.4, 0.5) is 5.69 Å². The van der Waals surface area contributed by atoms with Crippen molar-refractivity contribution in [3.05, 3.63) is 75.8 Å². The van der Waals surface area contributed by atoms with Crippen molar-refractivity contribution >= 4 is 17.6 Å². The van der Waals surface area contributed by atoms with Gasteiger partial charge >= 0.3 is 5.97 Å². The number of hydrogen-bond acceptors (Lipinski definition) is 6. The highest BCUT2D eigenvalue weighted by atomic mass is 16.6. The van der Waals surface area contributed by atoms with Gasteiger partial charge in [0.25, 0.3) is 11.6 Å². The van der Waals surface area contributed by atoms with Crippen molar-refractivity contribution in [2.75, 3.05) is 7.11 Å². The van der Waals surface area contributed by atoms with Crippen LogP contribution in [-0.2, 0) is 9.53 Å². The van der Waals surface area contributed by atoms with Crippen LogP contribution in [-0.4, -0.2) is 35.1 Å². The number of aliphatic hydroxyl groups excluding tert-OH is 1. The summed E-state index contributed by atoms with van der Waals surface area (Å²) in [6, 6.07) is 11.8. The normalized spacial score (nSPS) is 12.7. The van der Waals surface area contributed by atoms with Gasteiger partial charge in [0, 0.05) is 17.7 Å². The highest BCUT2D eigenvalue weighted by Gasteiger charge is 2.31. The van der Waals surface area contributed by atoms with Crippen molar-refractivity contribution in [2.24, 2.45) is 0 Å². The molecule has 8 heteroatoms. The molecule has 0 fully saturated rings. The van der Waals surface area contributed by atoms with Gasteiger partial charge in [0.1, 0.15) is 6.10 Å². The fourth-order valence-electron chi connectivity index (χ4n) is 2.19.